The van der Waals surface area contributed by atoms with Crippen molar-refractivity contribution >= 4 is 27.7 Å². The van der Waals surface area contributed by atoms with Crippen LogP contribution in [0.3, 0.4) is 0 Å². The molecule has 0 aliphatic carbocycles. The molecule has 0 unspecified atom stereocenters. The van der Waals surface area contributed by atoms with Gasteiger partial charge in [-0.05, 0) is 30.2 Å². The lowest BCUT2D eigenvalue weighted by molar-refractivity contribution is -0.117. The van der Waals surface area contributed by atoms with Gasteiger partial charge in [0, 0.05) is 51.5 Å². The summed E-state index contributed by atoms with van der Waals surface area (Å²) >= 11 is 0. The van der Waals surface area contributed by atoms with Gasteiger partial charge in [0.25, 0.3) is 0 Å². The highest BCUT2D eigenvalue weighted by molar-refractivity contribution is 7.89. The van der Waals surface area contributed by atoms with E-state index >= 15 is 0 Å². The lowest BCUT2D eigenvalue weighted by atomic mass is 10.2. The second-order valence-electron chi connectivity index (χ2n) is 8.93. The molecule has 0 radical (unpaired) electrons. The molecule has 2 aromatic rings. The number of aryl methyl sites for hydroxylation is 1. The monoisotopic (exact) mass is 498 g/mol. The summed E-state index contributed by atoms with van der Waals surface area (Å²) in [6.45, 7) is 7.85. The van der Waals surface area contributed by atoms with Gasteiger partial charge in [0.15, 0.2) is 0 Å². The number of rotatable bonds is 8. The number of nitrogens with zero attached hydrogens (tertiary/aromatic N) is 3. The minimum absolute atomic E-state index is 0.138. The van der Waals surface area contributed by atoms with E-state index in [-0.39, 0.29) is 17.3 Å². The summed E-state index contributed by atoms with van der Waals surface area (Å²) in [6.07, 6.45) is 4.31. The van der Waals surface area contributed by atoms with Gasteiger partial charge in [-0.1, -0.05) is 48.6 Å². The molecule has 0 saturated carbocycles. The van der Waals surface area contributed by atoms with E-state index in [0.717, 1.165) is 32.7 Å². The number of anilines is 1. The van der Waals surface area contributed by atoms with Gasteiger partial charge >= 0.3 is 0 Å². The Morgan fingerprint density at radius 1 is 0.971 bits per heavy atom. The van der Waals surface area contributed by atoms with Gasteiger partial charge in [0.2, 0.25) is 15.9 Å². The second-order valence-corrected chi connectivity index (χ2v) is 10.8. The number of benzene rings is 2. The number of nitrogens with one attached hydrogen (secondary N) is 1. The van der Waals surface area contributed by atoms with Crippen LogP contribution in [0.15, 0.2) is 59.5 Å². The Morgan fingerprint density at radius 2 is 1.66 bits per heavy atom. The van der Waals surface area contributed by atoms with Crippen LogP contribution in [-0.2, 0) is 19.6 Å². The predicted molar refractivity (Wildman–Crippen MR) is 138 cm³/mol. The number of ether oxygens (including phenoxy) is 1. The van der Waals surface area contributed by atoms with E-state index in [0.29, 0.717) is 37.6 Å². The highest BCUT2D eigenvalue weighted by atomic mass is 32.2. The first-order valence-electron chi connectivity index (χ1n) is 12.1. The number of morpholine rings is 1. The highest BCUT2D eigenvalue weighted by Gasteiger charge is 2.28. The molecule has 0 bridgehead atoms. The molecule has 2 aliphatic rings. The molecular weight excluding hydrogens is 464 g/mol. The fraction of sp³-hybridized carbons (Fsp3) is 0.423. The number of carbonyl (C=O) groups excluding carboxylic acids is 1. The van der Waals surface area contributed by atoms with Gasteiger partial charge in [0.1, 0.15) is 0 Å². The molecule has 8 nitrogen and oxygen atoms in total. The normalized spacial score (nSPS) is 18.7. The third-order valence-corrected chi connectivity index (χ3v) is 8.41. The molecule has 9 heteroatoms. The van der Waals surface area contributed by atoms with Crippen molar-refractivity contribution < 1.29 is 17.9 Å². The van der Waals surface area contributed by atoms with Crippen molar-refractivity contribution in [2.75, 3.05) is 70.9 Å². The van der Waals surface area contributed by atoms with Crippen LogP contribution in [0.4, 0.5) is 5.69 Å². The Balaban J connectivity index is 1.27. The molecule has 188 valence electrons. The van der Waals surface area contributed by atoms with Crippen LogP contribution >= 0.6 is 0 Å². The summed E-state index contributed by atoms with van der Waals surface area (Å²) in [6, 6.07) is 15.3. The first-order chi connectivity index (χ1) is 16.9. The molecule has 0 spiro atoms. The molecular formula is C26H34N4O4S. The average molecular weight is 499 g/mol. The molecule has 2 fully saturated rings. The minimum atomic E-state index is -3.63. The predicted octanol–water partition coefficient (Wildman–Crippen LogP) is 2.29. The van der Waals surface area contributed by atoms with E-state index in [4.69, 9.17) is 4.74 Å². The van der Waals surface area contributed by atoms with Crippen molar-refractivity contribution in [3.63, 3.8) is 0 Å². The number of carbonyl (C=O) groups is 1. The maximum Gasteiger partial charge on any atom is 0.243 e. The lowest BCUT2D eigenvalue weighted by Crippen LogP contribution is -2.48. The van der Waals surface area contributed by atoms with E-state index < -0.39 is 10.0 Å². The van der Waals surface area contributed by atoms with E-state index in [2.05, 4.69) is 39.4 Å². The number of piperazine rings is 1. The summed E-state index contributed by atoms with van der Waals surface area (Å²) < 4.78 is 32.9. The summed E-state index contributed by atoms with van der Waals surface area (Å²) in [5.41, 5.74) is 2.35. The number of amides is 1. The number of hydrogen-bond donors (Lipinski definition) is 1. The fourth-order valence-corrected chi connectivity index (χ4v) is 5.98. The summed E-state index contributed by atoms with van der Waals surface area (Å²) in [5.74, 6) is -0.138. The van der Waals surface area contributed by atoms with Gasteiger partial charge in [-0.3, -0.25) is 14.6 Å². The maximum atomic E-state index is 13.1. The van der Waals surface area contributed by atoms with Crippen molar-refractivity contribution in [1.29, 1.82) is 0 Å². The maximum absolute atomic E-state index is 13.1. The molecule has 2 aromatic carbocycles. The molecule has 2 aliphatic heterocycles. The Bertz CT molecular complexity index is 1120. The van der Waals surface area contributed by atoms with Gasteiger partial charge in [-0.2, -0.15) is 4.31 Å². The van der Waals surface area contributed by atoms with E-state index in [9.17, 15) is 13.2 Å². The van der Waals surface area contributed by atoms with E-state index in [1.54, 1.807) is 25.1 Å². The summed E-state index contributed by atoms with van der Waals surface area (Å²) in [5, 5.41) is 2.88. The van der Waals surface area contributed by atoms with Gasteiger partial charge in [0.05, 0.1) is 24.7 Å². The SMILES string of the molecule is Cc1ccc(NC(=O)CN2CCN(CC=Cc3ccccc3)CC2)cc1S(=O)(=O)N1CCOCC1. The van der Waals surface area contributed by atoms with Gasteiger partial charge in [-0.25, -0.2) is 8.42 Å². The third kappa shape index (κ3) is 6.99. The van der Waals surface area contributed by atoms with Gasteiger partial charge < -0.3 is 10.1 Å². The van der Waals surface area contributed by atoms with Crippen molar-refractivity contribution in [3.8, 4) is 0 Å². The highest BCUT2D eigenvalue weighted by Crippen LogP contribution is 2.24. The first-order valence-corrected chi connectivity index (χ1v) is 13.5. The third-order valence-electron chi connectivity index (χ3n) is 6.37. The van der Waals surface area contributed by atoms with Crippen LogP contribution in [-0.4, -0.2) is 94.0 Å². The molecule has 35 heavy (non-hydrogen) atoms. The smallest absolute Gasteiger partial charge is 0.243 e. The van der Waals surface area contributed by atoms with Crippen LogP contribution in [0.2, 0.25) is 0 Å². The summed E-state index contributed by atoms with van der Waals surface area (Å²) in [4.78, 5) is 17.4. The largest absolute Gasteiger partial charge is 0.379 e. The molecule has 2 saturated heterocycles. The van der Waals surface area contributed by atoms with Crippen molar-refractivity contribution in [2.45, 2.75) is 11.8 Å². The Kier molecular flexibility index (Phi) is 8.69. The van der Waals surface area contributed by atoms with Crippen LogP contribution in [0, 0.1) is 6.92 Å². The van der Waals surface area contributed by atoms with Gasteiger partial charge in [-0.15, -0.1) is 0 Å². The summed E-state index contributed by atoms with van der Waals surface area (Å²) in [7, 11) is -3.63. The molecule has 4 rings (SSSR count). The zero-order chi connectivity index (χ0) is 24.7. The Labute approximate surface area is 208 Å². The van der Waals surface area contributed by atoms with E-state index in [1.807, 2.05) is 18.2 Å². The standard InChI is InChI=1S/C26H34N4O4S/c1-22-9-10-24(20-25(22)35(32,33)30-16-18-34-19-17-30)27-26(31)21-29-14-12-28(13-15-29)11-5-8-23-6-3-2-4-7-23/h2-10,20H,11-19,21H2,1H3,(H,27,31). The van der Waals surface area contributed by atoms with Crippen LogP contribution in [0.1, 0.15) is 11.1 Å². The van der Waals surface area contributed by atoms with Crippen LogP contribution in [0.5, 0.6) is 0 Å². The fourth-order valence-electron chi connectivity index (χ4n) is 4.32. The zero-order valence-corrected chi connectivity index (χ0v) is 21.0. The van der Waals surface area contributed by atoms with Crippen molar-refractivity contribution in [2.24, 2.45) is 0 Å². The zero-order valence-electron chi connectivity index (χ0n) is 20.2. The second kappa shape index (κ2) is 11.9. The van der Waals surface area contributed by atoms with Crippen molar-refractivity contribution in [3.05, 3.63) is 65.7 Å². The topological polar surface area (TPSA) is 82.2 Å². The van der Waals surface area contributed by atoms with Crippen LogP contribution < -0.4 is 5.32 Å². The first kappa shape index (κ1) is 25.5. The van der Waals surface area contributed by atoms with E-state index in [1.165, 1.54) is 9.87 Å². The molecule has 0 atom stereocenters. The Morgan fingerprint density at radius 3 is 2.37 bits per heavy atom. The average Bonchev–Trinajstić information content (AvgIpc) is 2.87. The quantitative estimate of drug-likeness (QED) is 0.602. The molecule has 1 N–H and O–H groups in total. The number of hydrogen-bond acceptors (Lipinski definition) is 6. The molecule has 0 aromatic heterocycles. The number of sulfonamides is 1. The van der Waals surface area contributed by atoms with Crippen LogP contribution in [0.25, 0.3) is 6.08 Å². The molecule has 1 amide bonds. The Hall–Kier alpha value is -2.56. The molecule has 2 heterocycles. The lowest BCUT2D eigenvalue weighted by Gasteiger charge is -2.33. The van der Waals surface area contributed by atoms with Crippen molar-refractivity contribution in [1.82, 2.24) is 14.1 Å². The minimum Gasteiger partial charge on any atom is -0.379 e.